The molecule has 2 aromatic carbocycles. The monoisotopic (exact) mass is 312 g/mol. The van der Waals surface area contributed by atoms with E-state index in [4.69, 9.17) is 16.3 Å². The smallest absolute Gasteiger partial charge is 0.123 e. The maximum absolute atomic E-state index is 6.29. The highest BCUT2D eigenvalue weighted by atomic mass is 35.5. The van der Waals surface area contributed by atoms with Crippen molar-refractivity contribution in [3.63, 3.8) is 0 Å². The molecule has 0 amide bonds. The maximum Gasteiger partial charge on any atom is 0.123 e. The number of ether oxygens (including phenoxy) is 1. The van der Waals surface area contributed by atoms with E-state index in [9.17, 15) is 0 Å². The van der Waals surface area contributed by atoms with Gasteiger partial charge in [-0.15, -0.1) is 0 Å². The van der Waals surface area contributed by atoms with Crippen molar-refractivity contribution in [2.75, 3.05) is 12.4 Å². The van der Waals surface area contributed by atoms with Crippen molar-refractivity contribution < 1.29 is 4.74 Å². The number of halogens is 1. The predicted molar refractivity (Wildman–Crippen MR) is 91.8 cm³/mol. The summed E-state index contributed by atoms with van der Waals surface area (Å²) >= 11 is 6.29. The fraction of sp³-hybridized carbons (Fsp3) is 0.167. The molecule has 22 heavy (non-hydrogen) atoms. The van der Waals surface area contributed by atoms with Gasteiger partial charge in [0.1, 0.15) is 5.75 Å². The van der Waals surface area contributed by atoms with Crippen LogP contribution in [0.5, 0.6) is 5.75 Å². The highest BCUT2D eigenvalue weighted by molar-refractivity contribution is 6.33. The van der Waals surface area contributed by atoms with Gasteiger partial charge in [0.15, 0.2) is 0 Å². The molecule has 0 unspecified atom stereocenters. The van der Waals surface area contributed by atoms with Crippen molar-refractivity contribution >= 4 is 28.1 Å². The fourth-order valence-corrected chi connectivity index (χ4v) is 2.68. The zero-order chi connectivity index (χ0) is 15.5. The van der Waals surface area contributed by atoms with Crippen LogP contribution in [0.2, 0.25) is 5.02 Å². The SMILES string of the molecule is COc1cc(Cl)c(NCc2ccc3cnccc3c2)cc1C. The summed E-state index contributed by atoms with van der Waals surface area (Å²) in [7, 11) is 1.65. The number of nitrogens with zero attached hydrogens (tertiary/aromatic N) is 1. The number of fused-ring (bicyclic) bond motifs is 1. The first-order valence-corrected chi connectivity index (χ1v) is 7.46. The van der Waals surface area contributed by atoms with E-state index in [2.05, 4.69) is 28.5 Å². The number of nitrogens with one attached hydrogen (secondary N) is 1. The van der Waals surface area contributed by atoms with Crippen molar-refractivity contribution in [1.29, 1.82) is 0 Å². The first kappa shape index (κ1) is 14.7. The van der Waals surface area contributed by atoms with Gasteiger partial charge in [0.25, 0.3) is 0 Å². The minimum Gasteiger partial charge on any atom is -0.496 e. The Morgan fingerprint density at radius 3 is 2.82 bits per heavy atom. The highest BCUT2D eigenvalue weighted by Crippen LogP contribution is 2.30. The number of methoxy groups -OCH3 is 1. The molecule has 1 N–H and O–H groups in total. The van der Waals surface area contributed by atoms with Gasteiger partial charge in [-0.05, 0) is 41.6 Å². The summed E-state index contributed by atoms with van der Waals surface area (Å²) in [6, 6.07) is 12.2. The Bertz CT molecular complexity index is 817. The molecule has 0 aliphatic rings. The van der Waals surface area contributed by atoms with E-state index in [-0.39, 0.29) is 0 Å². The summed E-state index contributed by atoms with van der Waals surface area (Å²) in [5.74, 6) is 0.800. The van der Waals surface area contributed by atoms with E-state index in [1.54, 1.807) is 7.11 Å². The molecular formula is C18H17ClN2O. The molecule has 0 atom stereocenters. The molecule has 3 aromatic rings. The van der Waals surface area contributed by atoms with Crippen LogP contribution in [0.3, 0.4) is 0 Å². The first-order chi connectivity index (χ1) is 10.7. The summed E-state index contributed by atoms with van der Waals surface area (Å²) in [6.07, 6.45) is 3.68. The van der Waals surface area contributed by atoms with Gasteiger partial charge < -0.3 is 10.1 Å². The van der Waals surface area contributed by atoms with Crippen LogP contribution in [-0.4, -0.2) is 12.1 Å². The molecular weight excluding hydrogens is 296 g/mol. The van der Waals surface area contributed by atoms with Gasteiger partial charge >= 0.3 is 0 Å². The van der Waals surface area contributed by atoms with Gasteiger partial charge in [0, 0.05) is 30.4 Å². The number of hydrogen-bond donors (Lipinski definition) is 1. The Balaban J connectivity index is 1.80. The van der Waals surface area contributed by atoms with Crippen molar-refractivity contribution in [2.45, 2.75) is 13.5 Å². The van der Waals surface area contributed by atoms with E-state index in [1.165, 1.54) is 10.9 Å². The predicted octanol–water partition coefficient (Wildman–Crippen LogP) is 4.82. The molecule has 3 nitrogen and oxygen atoms in total. The van der Waals surface area contributed by atoms with Gasteiger partial charge in [-0.2, -0.15) is 0 Å². The normalized spacial score (nSPS) is 10.7. The number of anilines is 1. The first-order valence-electron chi connectivity index (χ1n) is 7.08. The molecule has 4 heteroatoms. The molecule has 0 fully saturated rings. The van der Waals surface area contributed by atoms with Crippen LogP contribution >= 0.6 is 11.6 Å². The second-order valence-corrected chi connectivity index (χ2v) is 5.62. The molecule has 0 aliphatic heterocycles. The molecule has 1 heterocycles. The average Bonchev–Trinajstić information content (AvgIpc) is 2.55. The maximum atomic E-state index is 6.29. The number of pyridine rings is 1. The zero-order valence-electron chi connectivity index (χ0n) is 12.6. The molecule has 0 radical (unpaired) electrons. The topological polar surface area (TPSA) is 34.1 Å². The van der Waals surface area contributed by atoms with Gasteiger partial charge in [-0.25, -0.2) is 0 Å². The quantitative estimate of drug-likeness (QED) is 0.750. The average molecular weight is 313 g/mol. The standard InChI is InChI=1S/C18H17ClN2O/c1-12-7-17(16(19)9-18(12)22-2)21-10-13-3-4-15-11-20-6-5-14(15)8-13/h3-9,11,21H,10H2,1-2H3. The molecule has 0 spiro atoms. The third-order valence-corrected chi connectivity index (χ3v) is 3.99. The van der Waals surface area contributed by atoms with E-state index >= 15 is 0 Å². The summed E-state index contributed by atoms with van der Waals surface area (Å²) in [4.78, 5) is 4.13. The van der Waals surface area contributed by atoms with Gasteiger partial charge in [0.2, 0.25) is 0 Å². The number of benzene rings is 2. The summed E-state index contributed by atoms with van der Waals surface area (Å²) in [6.45, 7) is 2.72. The Morgan fingerprint density at radius 1 is 1.14 bits per heavy atom. The van der Waals surface area contributed by atoms with Crippen molar-refractivity contribution in [3.05, 3.63) is 64.9 Å². The second kappa shape index (κ2) is 6.24. The molecule has 0 aliphatic carbocycles. The van der Waals surface area contributed by atoms with Gasteiger partial charge in [-0.3, -0.25) is 4.98 Å². The van der Waals surface area contributed by atoms with Crippen LogP contribution in [0.15, 0.2) is 48.8 Å². The van der Waals surface area contributed by atoms with Crippen molar-refractivity contribution in [2.24, 2.45) is 0 Å². The van der Waals surface area contributed by atoms with Crippen LogP contribution in [-0.2, 0) is 6.54 Å². The lowest BCUT2D eigenvalue weighted by Crippen LogP contribution is -2.01. The lowest BCUT2D eigenvalue weighted by atomic mass is 10.1. The number of hydrogen-bond acceptors (Lipinski definition) is 3. The van der Waals surface area contributed by atoms with Crippen LogP contribution in [0, 0.1) is 6.92 Å². The van der Waals surface area contributed by atoms with Gasteiger partial charge in [-0.1, -0.05) is 23.7 Å². The van der Waals surface area contributed by atoms with E-state index in [0.29, 0.717) is 11.6 Å². The van der Waals surface area contributed by atoms with Crippen molar-refractivity contribution in [1.82, 2.24) is 4.98 Å². The summed E-state index contributed by atoms with van der Waals surface area (Å²) in [5, 5.41) is 6.37. The third-order valence-electron chi connectivity index (χ3n) is 3.67. The van der Waals surface area contributed by atoms with Crippen LogP contribution in [0.1, 0.15) is 11.1 Å². The van der Waals surface area contributed by atoms with E-state index in [1.807, 2.05) is 37.5 Å². The molecule has 0 saturated carbocycles. The molecule has 0 bridgehead atoms. The number of rotatable bonds is 4. The second-order valence-electron chi connectivity index (χ2n) is 5.21. The largest absolute Gasteiger partial charge is 0.496 e. The van der Waals surface area contributed by atoms with Crippen LogP contribution in [0.4, 0.5) is 5.69 Å². The van der Waals surface area contributed by atoms with Crippen molar-refractivity contribution in [3.8, 4) is 5.75 Å². The van der Waals surface area contributed by atoms with Gasteiger partial charge in [0.05, 0.1) is 17.8 Å². The minimum atomic E-state index is 0.660. The highest BCUT2D eigenvalue weighted by Gasteiger charge is 2.06. The van der Waals surface area contributed by atoms with E-state index < -0.39 is 0 Å². The molecule has 112 valence electrons. The van der Waals surface area contributed by atoms with Crippen LogP contribution < -0.4 is 10.1 Å². The van der Waals surface area contributed by atoms with Crippen LogP contribution in [0.25, 0.3) is 10.8 Å². The Hall–Kier alpha value is -2.26. The minimum absolute atomic E-state index is 0.660. The zero-order valence-corrected chi connectivity index (χ0v) is 13.3. The molecule has 1 aromatic heterocycles. The molecule has 3 rings (SSSR count). The molecule has 0 saturated heterocycles. The Labute approximate surface area is 134 Å². The summed E-state index contributed by atoms with van der Waals surface area (Å²) < 4.78 is 5.27. The number of aromatic nitrogens is 1. The number of aryl methyl sites for hydroxylation is 1. The Morgan fingerprint density at radius 2 is 2.00 bits per heavy atom. The van der Waals surface area contributed by atoms with E-state index in [0.717, 1.165) is 22.4 Å². The third kappa shape index (κ3) is 3.00. The Kier molecular flexibility index (Phi) is 4.16. The fourth-order valence-electron chi connectivity index (χ4n) is 2.46. The summed E-state index contributed by atoms with van der Waals surface area (Å²) in [5.41, 5.74) is 3.16. The lowest BCUT2D eigenvalue weighted by Gasteiger charge is -2.12. The lowest BCUT2D eigenvalue weighted by molar-refractivity contribution is 0.412.